The van der Waals surface area contributed by atoms with Gasteiger partial charge in [-0.3, -0.25) is 0 Å². The van der Waals surface area contributed by atoms with Crippen molar-refractivity contribution >= 4 is 11.9 Å². The summed E-state index contributed by atoms with van der Waals surface area (Å²) in [5.41, 5.74) is 0.979. The predicted octanol–water partition coefficient (Wildman–Crippen LogP) is 3.99. The summed E-state index contributed by atoms with van der Waals surface area (Å²) in [4.78, 5) is 22.1. The zero-order valence-corrected chi connectivity index (χ0v) is 11.9. The fourth-order valence-corrected chi connectivity index (χ4v) is 2.24. The second-order valence-corrected chi connectivity index (χ2v) is 5.00. The predicted molar refractivity (Wildman–Crippen MR) is 77.4 cm³/mol. The van der Waals surface area contributed by atoms with Crippen LogP contribution in [0.1, 0.15) is 71.7 Å². The smallest absolute Gasteiger partial charge is 0.335 e. The van der Waals surface area contributed by atoms with Gasteiger partial charge in [0.1, 0.15) is 0 Å². The third-order valence-corrected chi connectivity index (χ3v) is 3.38. The topological polar surface area (TPSA) is 74.6 Å². The van der Waals surface area contributed by atoms with E-state index in [1.165, 1.54) is 37.5 Å². The molecule has 0 spiro atoms. The van der Waals surface area contributed by atoms with Gasteiger partial charge in [0.2, 0.25) is 0 Å². The van der Waals surface area contributed by atoms with Gasteiger partial charge in [-0.15, -0.1) is 0 Å². The van der Waals surface area contributed by atoms with Gasteiger partial charge in [-0.05, 0) is 36.6 Å². The number of benzene rings is 1. The van der Waals surface area contributed by atoms with Crippen LogP contribution in [0, 0.1) is 0 Å². The number of rotatable bonds is 9. The Morgan fingerprint density at radius 3 is 2.20 bits per heavy atom. The summed E-state index contributed by atoms with van der Waals surface area (Å²) in [7, 11) is 0. The zero-order chi connectivity index (χ0) is 15.0. The van der Waals surface area contributed by atoms with Gasteiger partial charge in [-0.2, -0.15) is 0 Å². The molecule has 0 bridgehead atoms. The Hall–Kier alpha value is -1.84. The lowest BCUT2D eigenvalue weighted by molar-refractivity contribution is 0.0680. The van der Waals surface area contributed by atoms with Crippen LogP contribution in [-0.4, -0.2) is 22.2 Å². The maximum atomic E-state index is 11.1. The monoisotopic (exact) mass is 278 g/mol. The number of hydrogen-bond acceptors (Lipinski definition) is 2. The van der Waals surface area contributed by atoms with Crippen LogP contribution in [0.5, 0.6) is 0 Å². The molecule has 0 radical (unpaired) electrons. The number of hydrogen-bond donors (Lipinski definition) is 2. The Morgan fingerprint density at radius 1 is 0.950 bits per heavy atom. The molecule has 1 rings (SSSR count). The summed E-state index contributed by atoms with van der Waals surface area (Å²) in [6.07, 6.45) is 7.35. The van der Waals surface area contributed by atoms with Crippen molar-refractivity contribution in [3.05, 3.63) is 34.9 Å². The lowest BCUT2D eigenvalue weighted by Crippen LogP contribution is -2.06. The number of carbonyl (C=O) groups is 2. The number of carboxylic acids is 2. The van der Waals surface area contributed by atoms with Crippen LogP contribution in [0.3, 0.4) is 0 Å². The summed E-state index contributed by atoms with van der Waals surface area (Å²) >= 11 is 0. The summed E-state index contributed by atoms with van der Waals surface area (Å²) in [5, 5.41) is 18.1. The molecule has 110 valence electrons. The standard InChI is InChI=1S/C16H22O4/c1-2-3-4-5-6-7-8-12-11-13(15(17)18)9-10-14(12)16(19)20/h9-11H,2-8H2,1H3,(H,17,18)(H,19,20). The van der Waals surface area contributed by atoms with E-state index >= 15 is 0 Å². The normalized spacial score (nSPS) is 10.4. The van der Waals surface area contributed by atoms with Crippen LogP contribution in [-0.2, 0) is 6.42 Å². The second kappa shape index (κ2) is 8.35. The summed E-state index contributed by atoms with van der Waals surface area (Å²) < 4.78 is 0. The van der Waals surface area contributed by atoms with Crippen molar-refractivity contribution in [2.75, 3.05) is 0 Å². The van der Waals surface area contributed by atoms with Gasteiger partial charge in [-0.25, -0.2) is 9.59 Å². The lowest BCUT2D eigenvalue weighted by atomic mass is 9.98. The first-order chi connectivity index (χ1) is 9.56. The molecule has 0 atom stereocenters. The van der Waals surface area contributed by atoms with E-state index in [2.05, 4.69) is 6.92 Å². The van der Waals surface area contributed by atoms with Gasteiger partial charge < -0.3 is 10.2 Å². The first-order valence-corrected chi connectivity index (χ1v) is 7.15. The maximum Gasteiger partial charge on any atom is 0.335 e. The first-order valence-electron chi connectivity index (χ1n) is 7.15. The molecule has 1 aromatic rings. The quantitative estimate of drug-likeness (QED) is 0.670. The van der Waals surface area contributed by atoms with Crippen molar-refractivity contribution in [1.29, 1.82) is 0 Å². The van der Waals surface area contributed by atoms with E-state index in [1.54, 1.807) is 0 Å². The molecule has 0 amide bonds. The molecule has 2 N–H and O–H groups in total. The molecule has 0 fully saturated rings. The molecule has 0 saturated carbocycles. The first kappa shape index (κ1) is 16.2. The molecule has 0 aliphatic rings. The van der Waals surface area contributed by atoms with Crippen molar-refractivity contribution in [2.24, 2.45) is 0 Å². The van der Waals surface area contributed by atoms with Crippen LogP contribution < -0.4 is 0 Å². The highest BCUT2D eigenvalue weighted by molar-refractivity contribution is 5.93. The average Bonchev–Trinajstić information content (AvgIpc) is 2.42. The molecule has 4 heteroatoms. The van der Waals surface area contributed by atoms with Gasteiger partial charge >= 0.3 is 11.9 Å². The summed E-state index contributed by atoms with van der Waals surface area (Å²) in [6.45, 7) is 2.16. The fourth-order valence-electron chi connectivity index (χ4n) is 2.24. The van der Waals surface area contributed by atoms with Gasteiger partial charge in [0.05, 0.1) is 11.1 Å². The van der Waals surface area contributed by atoms with E-state index in [0.29, 0.717) is 12.0 Å². The third-order valence-electron chi connectivity index (χ3n) is 3.38. The van der Waals surface area contributed by atoms with Crippen LogP contribution in [0.2, 0.25) is 0 Å². The summed E-state index contributed by atoms with van der Waals surface area (Å²) in [6, 6.07) is 4.21. The number of unbranched alkanes of at least 4 members (excludes halogenated alkanes) is 5. The summed E-state index contributed by atoms with van der Waals surface area (Å²) in [5.74, 6) is -2.02. The number of carboxylic acid groups (broad SMARTS) is 2. The Bertz CT molecular complexity index is 466. The molecule has 0 aliphatic heterocycles. The van der Waals surface area contributed by atoms with Crippen molar-refractivity contribution in [1.82, 2.24) is 0 Å². The third kappa shape index (κ3) is 5.03. The SMILES string of the molecule is CCCCCCCCc1cc(C(=O)O)ccc1C(=O)O. The van der Waals surface area contributed by atoms with Crippen molar-refractivity contribution < 1.29 is 19.8 Å². The Kier molecular flexibility index (Phi) is 6.77. The van der Waals surface area contributed by atoms with E-state index < -0.39 is 11.9 Å². The van der Waals surface area contributed by atoms with E-state index in [0.717, 1.165) is 19.3 Å². The molecule has 0 unspecified atom stereocenters. The second-order valence-electron chi connectivity index (χ2n) is 5.00. The molecule has 4 nitrogen and oxygen atoms in total. The highest BCUT2D eigenvalue weighted by Gasteiger charge is 2.13. The molecule has 20 heavy (non-hydrogen) atoms. The largest absolute Gasteiger partial charge is 0.478 e. The van der Waals surface area contributed by atoms with E-state index in [9.17, 15) is 9.59 Å². The van der Waals surface area contributed by atoms with Gasteiger partial charge in [0, 0.05) is 0 Å². The maximum absolute atomic E-state index is 11.1. The molecular weight excluding hydrogens is 256 g/mol. The zero-order valence-electron chi connectivity index (χ0n) is 11.9. The van der Waals surface area contributed by atoms with E-state index in [4.69, 9.17) is 10.2 Å². The highest BCUT2D eigenvalue weighted by Crippen LogP contribution is 2.16. The molecule has 0 heterocycles. The molecule has 0 aromatic heterocycles. The molecular formula is C16H22O4. The molecule has 0 saturated heterocycles. The molecule has 1 aromatic carbocycles. The molecule has 0 aliphatic carbocycles. The van der Waals surface area contributed by atoms with Crippen molar-refractivity contribution in [2.45, 2.75) is 51.9 Å². The minimum atomic E-state index is -1.02. The Labute approximate surface area is 119 Å². The van der Waals surface area contributed by atoms with Crippen LogP contribution in [0.4, 0.5) is 0 Å². The Balaban J connectivity index is 2.63. The fraction of sp³-hybridized carbons (Fsp3) is 0.500. The minimum absolute atomic E-state index is 0.149. The van der Waals surface area contributed by atoms with Crippen LogP contribution in [0.15, 0.2) is 18.2 Å². The number of aromatic carboxylic acids is 2. The van der Waals surface area contributed by atoms with Crippen LogP contribution in [0.25, 0.3) is 0 Å². The van der Waals surface area contributed by atoms with Crippen LogP contribution >= 0.6 is 0 Å². The highest BCUT2D eigenvalue weighted by atomic mass is 16.4. The van der Waals surface area contributed by atoms with Gasteiger partial charge in [0.15, 0.2) is 0 Å². The Morgan fingerprint density at radius 2 is 1.60 bits per heavy atom. The number of aryl methyl sites for hydroxylation is 1. The van der Waals surface area contributed by atoms with E-state index in [1.807, 2.05) is 0 Å². The average molecular weight is 278 g/mol. The van der Waals surface area contributed by atoms with Crippen molar-refractivity contribution in [3.63, 3.8) is 0 Å². The van der Waals surface area contributed by atoms with Gasteiger partial charge in [0.25, 0.3) is 0 Å². The minimum Gasteiger partial charge on any atom is -0.478 e. The lowest BCUT2D eigenvalue weighted by Gasteiger charge is -2.07. The van der Waals surface area contributed by atoms with Crippen molar-refractivity contribution in [3.8, 4) is 0 Å². The van der Waals surface area contributed by atoms with E-state index in [-0.39, 0.29) is 11.1 Å². The van der Waals surface area contributed by atoms with Gasteiger partial charge in [-0.1, -0.05) is 39.0 Å².